The van der Waals surface area contributed by atoms with Crippen LogP contribution in [0.4, 0.5) is 0 Å². The zero-order valence-corrected chi connectivity index (χ0v) is 13.1. The molecule has 0 spiro atoms. The Hall–Kier alpha value is -3.34. The SMILES string of the molecule is COc1ccc(-c2cccc(C(=O)N/N=C/c3ccco3)c2)cc1. The number of hydrazone groups is 1. The largest absolute Gasteiger partial charge is 0.497 e. The normalized spacial score (nSPS) is 10.7. The maximum Gasteiger partial charge on any atom is 0.271 e. The molecule has 0 fully saturated rings. The van der Waals surface area contributed by atoms with Gasteiger partial charge in [-0.2, -0.15) is 5.10 Å². The number of rotatable bonds is 5. The minimum atomic E-state index is -0.284. The molecule has 3 rings (SSSR count). The Balaban J connectivity index is 1.73. The van der Waals surface area contributed by atoms with Gasteiger partial charge in [0.15, 0.2) is 0 Å². The van der Waals surface area contributed by atoms with E-state index < -0.39 is 0 Å². The quantitative estimate of drug-likeness (QED) is 0.575. The lowest BCUT2D eigenvalue weighted by Crippen LogP contribution is -2.17. The van der Waals surface area contributed by atoms with Crippen molar-refractivity contribution < 1.29 is 13.9 Å². The van der Waals surface area contributed by atoms with Crippen molar-refractivity contribution in [3.05, 3.63) is 78.3 Å². The molecule has 0 aliphatic heterocycles. The maximum atomic E-state index is 12.2. The van der Waals surface area contributed by atoms with Gasteiger partial charge in [0.2, 0.25) is 0 Å². The summed E-state index contributed by atoms with van der Waals surface area (Å²) in [4.78, 5) is 12.2. The smallest absolute Gasteiger partial charge is 0.271 e. The highest BCUT2D eigenvalue weighted by Crippen LogP contribution is 2.23. The Bertz CT molecular complexity index is 837. The molecule has 24 heavy (non-hydrogen) atoms. The molecule has 5 nitrogen and oxygen atoms in total. The van der Waals surface area contributed by atoms with Crippen molar-refractivity contribution in [2.75, 3.05) is 7.11 Å². The van der Waals surface area contributed by atoms with Gasteiger partial charge in [0.05, 0.1) is 19.6 Å². The van der Waals surface area contributed by atoms with Crippen LogP contribution in [0.3, 0.4) is 0 Å². The molecule has 0 unspecified atom stereocenters. The molecule has 0 radical (unpaired) electrons. The van der Waals surface area contributed by atoms with Gasteiger partial charge in [0.25, 0.3) is 5.91 Å². The van der Waals surface area contributed by atoms with Gasteiger partial charge in [-0.3, -0.25) is 4.79 Å². The summed E-state index contributed by atoms with van der Waals surface area (Å²) < 4.78 is 10.3. The monoisotopic (exact) mass is 320 g/mol. The Morgan fingerprint density at radius 1 is 1.08 bits per heavy atom. The standard InChI is InChI=1S/C19H16N2O3/c1-23-17-9-7-14(8-10-17)15-4-2-5-16(12-15)19(22)21-20-13-18-6-3-11-24-18/h2-13H,1H3,(H,21,22)/b20-13+. The van der Waals surface area contributed by atoms with Gasteiger partial charge >= 0.3 is 0 Å². The summed E-state index contributed by atoms with van der Waals surface area (Å²) in [5.74, 6) is 1.08. The minimum Gasteiger partial charge on any atom is -0.497 e. The van der Waals surface area contributed by atoms with Crippen LogP contribution in [0.25, 0.3) is 11.1 Å². The third kappa shape index (κ3) is 3.70. The number of carbonyl (C=O) groups is 1. The Kier molecular flexibility index (Phi) is 4.72. The third-order valence-corrected chi connectivity index (χ3v) is 3.45. The van der Waals surface area contributed by atoms with Gasteiger partial charge in [0.1, 0.15) is 11.5 Å². The number of hydrogen-bond acceptors (Lipinski definition) is 4. The lowest BCUT2D eigenvalue weighted by molar-refractivity contribution is 0.0955. The fourth-order valence-corrected chi connectivity index (χ4v) is 2.21. The molecule has 2 aromatic carbocycles. The van der Waals surface area contributed by atoms with Crippen LogP contribution in [0.15, 0.2) is 76.4 Å². The Labute approximate surface area is 139 Å². The topological polar surface area (TPSA) is 63.8 Å². The summed E-state index contributed by atoms with van der Waals surface area (Å²) >= 11 is 0. The molecule has 1 N–H and O–H groups in total. The fraction of sp³-hybridized carbons (Fsp3) is 0.0526. The molecular weight excluding hydrogens is 304 g/mol. The average Bonchev–Trinajstić information content (AvgIpc) is 3.15. The van der Waals surface area contributed by atoms with Gasteiger partial charge < -0.3 is 9.15 Å². The fourth-order valence-electron chi connectivity index (χ4n) is 2.21. The van der Waals surface area contributed by atoms with Gasteiger partial charge in [-0.15, -0.1) is 0 Å². The molecule has 0 saturated heterocycles. The Morgan fingerprint density at radius 2 is 1.92 bits per heavy atom. The predicted octanol–water partition coefficient (Wildman–Crippen LogP) is 3.72. The number of nitrogens with one attached hydrogen (secondary N) is 1. The molecule has 0 saturated carbocycles. The number of benzene rings is 2. The second-order valence-corrected chi connectivity index (χ2v) is 5.02. The number of methoxy groups -OCH3 is 1. The first-order valence-electron chi connectivity index (χ1n) is 7.37. The van der Waals surface area contributed by atoms with E-state index in [4.69, 9.17) is 9.15 Å². The van der Waals surface area contributed by atoms with E-state index in [0.717, 1.165) is 16.9 Å². The van der Waals surface area contributed by atoms with Crippen LogP contribution in [-0.2, 0) is 0 Å². The summed E-state index contributed by atoms with van der Waals surface area (Å²) in [5.41, 5.74) is 4.96. The first kappa shape index (κ1) is 15.6. The molecule has 1 aromatic heterocycles. The summed E-state index contributed by atoms with van der Waals surface area (Å²) in [5, 5.41) is 3.88. The minimum absolute atomic E-state index is 0.284. The summed E-state index contributed by atoms with van der Waals surface area (Å²) in [6.45, 7) is 0. The molecule has 0 bridgehead atoms. The first-order valence-corrected chi connectivity index (χ1v) is 7.37. The van der Waals surface area contributed by atoms with Crippen LogP contribution in [0, 0.1) is 0 Å². The van der Waals surface area contributed by atoms with E-state index in [1.807, 2.05) is 42.5 Å². The average molecular weight is 320 g/mol. The van der Waals surface area contributed by atoms with E-state index in [1.54, 1.807) is 31.6 Å². The summed E-state index contributed by atoms with van der Waals surface area (Å²) in [7, 11) is 1.63. The molecule has 120 valence electrons. The molecular formula is C19H16N2O3. The molecule has 1 amide bonds. The molecule has 0 aliphatic rings. The van der Waals surface area contributed by atoms with Crippen molar-refractivity contribution in [2.24, 2.45) is 5.10 Å². The highest BCUT2D eigenvalue weighted by atomic mass is 16.5. The number of furan rings is 1. The number of amides is 1. The molecule has 3 aromatic rings. The Morgan fingerprint density at radius 3 is 2.62 bits per heavy atom. The summed E-state index contributed by atoms with van der Waals surface area (Å²) in [6.07, 6.45) is 2.99. The number of carbonyl (C=O) groups excluding carboxylic acids is 1. The van der Waals surface area contributed by atoms with Crippen LogP contribution < -0.4 is 10.2 Å². The second-order valence-electron chi connectivity index (χ2n) is 5.02. The summed E-state index contributed by atoms with van der Waals surface area (Å²) in [6, 6.07) is 18.5. The van der Waals surface area contributed by atoms with Crippen LogP contribution in [0.5, 0.6) is 5.75 Å². The highest BCUT2D eigenvalue weighted by molar-refractivity contribution is 5.95. The van der Waals surface area contributed by atoms with E-state index >= 15 is 0 Å². The van der Waals surface area contributed by atoms with Gasteiger partial charge in [0, 0.05) is 5.56 Å². The first-order chi connectivity index (χ1) is 11.8. The highest BCUT2D eigenvalue weighted by Gasteiger charge is 2.06. The van der Waals surface area contributed by atoms with Crippen LogP contribution in [0.2, 0.25) is 0 Å². The molecule has 5 heteroatoms. The zero-order chi connectivity index (χ0) is 16.8. The number of ether oxygens (including phenoxy) is 1. The maximum absolute atomic E-state index is 12.2. The number of nitrogens with zero attached hydrogens (tertiary/aromatic N) is 1. The van der Waals surface area contributed by atoms with Crippen molar-refractivity contribution in [2.45, 2.75) is 0 Å². The molecule has 1 heterocycles. The zero-order valence-electron chi connectivity index (χ0n) is 13.1. The van der Waals surface area contributed by atoms with Crippen molar-refractivity contribution in [3.63, 3.8) is 0 Å². The van der Waals surface area contributed by atoms with Gasteiger partial charge in [-0.1, -0.05) is 24.3 Å². The van der Waals surface area contributed by atoms with Crippen molar-refractivity contribution in [3.8, 4) is 16.9 Å². The van der Waals surface area contributed by atoms with E-state index in [9.17, 15) is 4.79 Å². The van der Waals surface area contributed by atoms with E-state index in [-0.39, 0.29) is 5.91 Å². The third-order valence-electron chi connectivity index (χ3n) is 3.45. The van der Waals surface area contributed by atoms with Crippen LogP contribution >= 0.6 is 0 Å². The van der Waals surface area contributed by atoms with E-state index in [0.29, 0.717) is 11.3 Å². The second kappa shape index (κ2) is 7.28. The lowest BCUT2D eigenvalue weighted by Gasteiger charge is -2.06. The predicted molar refractivity (Wildman–Crippen MR) is 92.2 cm³/mol. The van der Waals surface area contributed by atoms with Crippen LogP contribution in [-0.4, -0.2) is 19.2 Å². The van der Waals surface area contributed by atoms with Gasteiger partial charge in [-0.25, -0.2) is 5.43 Å². The lowest BCUT2D eigenvalue weighted by atomic mass is 10.0. The molecule has 0 aliphatic carbocycles. The number of hydrogen-bond donors (Lipinski definition) is 1. The molecule has 0 atom stereocenters. The van der Waals surface area contributed by atoms with E-state index in [2.05, 4.69) is 10.5 Å². The van der Waals surface area contributed by atoms with E-state index in [1.165, 1.54) is 6.21 Å². The van der Waals surface area contributed by atoms with Crippen molar-refractivity contribution >= 4 is 12.1 Å². The van der Waals surface area contributed by atoms with Crippen LogP contribution in [0.1, 0.15) is 16.1 Å². The van der Waals surface area contributed by atoms with Gasteiger partial charge in [-0.05, 0) is 47.5 Å². The van der Waals surface area contributed by atoms with Crippen molar-refractivity contribution in [1.82, 2.24) is 5.43 Å². The van der Waals surface area contributed by atoms with Crippen molar-refractivity contribution in [1.29, 1.82) is 0 Å².